The molecule has 1 aromatic heterocycles. The molecule has 29 heavy (non-hydrogen) atoms. The number of benzene rings is 1. The van der Waals surface area contributed by atoms with Gasteiger partial charge in [-0.15, -0.1) is 6.42 Å². The van der Waals surface area contributed by atoms with Gasteiger partial charge in [-0.2, -0.15) is 13.2 Å². The number of carbonyl (C=O) groups excluding carboxylic acids is 2. The topological polar surface area (TPSA) is 96.5 Å². The van der Waals surface area contributed by atoms with Gasteiger partial charge in [0.2, 0.25) is 0 Å². The standard InChI is InChI=1S/C15H9F3N2O.C5H9NO2/c1-2-9-4-3-5-10(6-9)12-7-11(15(16,17)18)8-13(20-12)14(19)21;1-6-3-2-4(7)5(6)8/h1,3-8H,(H2,19,21);4,7H,2-3H2,1H3/t;4-/m.0/s1. The third-order valence-electron chi connectivity index (χ3n) is 4.13. The van der Waals surface area contributed by atoms with E-state index in [1.54, 1.807) is 25.2 Å². The largest absolute Gasteiger partial charge is 0.416 e. The predicted molar refractivity (Wildman–Crippen MR) is 99.4 cm³/mol. The molecule has 2 amide bonds. The van der Waals surface area contributed by atoms with E-state index in [9.17, 15) is 22.8 Å². The first-order chi connectivity index (χ1) is 13.5. The van der Waals surface area contributed by atoms with Gasteiger partial charge in [-0.25, -0.2) is 4.98 Å². The van der Waals surface area contributed by atoms with E-state index >= 15 is 0 Å². The Morgan fingerprint density at radius 3 is 2.48 bits per heavy atom. The zero-order valence-corrected chi connectivity index (χ0v) is 15.4. The molecule has 1 aliphatic heterocycles. The van der Waals surface area contributed by atoms with Gasteiger partial charge in [0.1, 0.15) is 11.8 Å². The molecule has 0 unspecified atom stereocenters. The number of halogens is 3. The SMILES string of the molecule is C#Cc1cccc(-c2cc(C(F)(F)F)cc(C(N)=O)n2)c1.CN1CC[C@H](O)C1=O. The van der Waals surface area contributed by atoms with Crippen LogP contribution in [-0.4, -0.2) is 46.5 Å². The summed E-state index contributed by atoms with van der Waals surface area (Å²) in [4.78, 5) is 27.1. The molecule has 3 N–H and O–H groups in total. The summed E-state index contributed by atoms with van der Waals surface area (Å²) in [7, 11) is 1.69. The molecule has 2 aromatic rings. The van der Waals surface area contributed by atoms with Gasteiger partial charge in [0, 0.05) is 24.7 Å². The van der Waals surface area contributed by atoms with Gasteiger partial charge in [-0.05, 0) is 30.7 Å². The quantitative estimate of drug-likeness (QED) is 0.748. The van der Waals surface area contributed by atoms with E-state index in [2.05, 4.69) is 10.9 Å². The third-order valence-corrected chi connectivity index (χ3v) is 4.13. The molecule has 152 valence electrons. The molecule has 1 saturated heterocycles. The van der Waals surface area contributed by atoms with Crippen LogP contribution in [-0.2, 0) is 11.0 Å². The van der Waals surface area contributed by atoms with E-state index in [0.717, 1.165) is 6.07 Å². The lowest BCUT2D eigenvalue weighted by atomic mass is 10.0. The van der Waals surface area contributed by atoms with E-state index < -0.39 is 29.4 Å². The number of likely N-dealkylation sites (tertiary alicyclic amines) is 1. The highest BCUT2D eigenvalue weighted by Gasteiger charge is 2.32. The van der Waals surface area contributed by atoms with Crippen LogP contribution in [0.2, 0.25) is 0 Å². The number of pyridine rings is 1. The Morgan fingerprint density at radius 1 is 1.34 bits per heavy atom. The number of likely N-dealkylation sites (N-methyl/N-ethyl adjacent to an activating group) is 1. The van der Waals surface area contributed by atoms with Gasteiger partial charge < -0.3 is 15.7 Å². The number of nitrogens with two attached hydrogens (primary N) is 1. The van der Waals surface area contributed by atoms with Crippen LogP contribution < -0.4 is 5.73 Å². The molecular weight excluding hydrogens is 387 g/mol. The predicted octanol–water partition coefficient (Wildman–Crippen LogP) is 2.06. The molecule has 0 bridgehead atoms. The van der Waals surface area contributed by atoms with Crippen LogP contribution in [0.5, 0.6) is 0 Å². The van der Waals surface area contributed by atoms with Crippen molar-refractivity contribution in [3.05, 3.63) is 53.2 Å². The molecule has 1 fully saturated rings. The van der Waals surface area contributed by atoms with Crippen molar-refractivity contribution in [2.45, 2.75) is 18.7 Å². The van der Waals surface area contributed by atoms with Gasteiger partial charge in [0.15, 0.2) is 0 Å². The van der Waals surface area contributed by atoms with Crippen LogP contribution >= 0.6 is 0 Å². The van der Waals surface area contributed by atoms with E-state index in [1.165, 1.54) is 11.0 Å². The highest BCUT2D eigenvalue weighted by molar-refractivity contribution is 5.91. The fraction of sp³-hybridized carbons (Fsp3) is 0.250. The zero-order chi connectivity index (χ0) is 21.8. The summed E-state index contributed by atoms with van der Waals surface area (Å²) in [5, 5.41) is 8.78. The lowest BCUT2D eigenvalue weighted by Gasteiger charge is -2.10. The first-order valence-electron chi connectivity index (χ1n) is 8.42. The van der Waals surface area contributed by atoms with Crippen molar-refractivity contribution >= 4 is 11.8 Å². The number of rotatable bonds is 2. The number of amides is 2. The molecule has 0 radical (unpaired) electrons. The van der Waals surface area contributed by atoms with E-state index in [4.69, 9.17) is 17.3 Å². The molecule has 1 atom stereocenters. The number of primary amides is 1. The Labute approximate surface area is 165 Å². The summed E-state index contributed by atoms with van der Waals surface area (Å²) in [5.41, 5.74) is 4.43. The van der Waals surface area contributed by atoms with Crippen molar-refractivity contribution in [1.29, 1.82) is 0 Å². The second-order valence-electron chi connectivity index (χ2n) is 6.28. The molecule has 1 aliphatic rings. The second kappa shape index (κ2) is 8.75. The molecule has 9 heteroatoms. The fourth-order valence-corrected chi connectivity index (χ4v) is 2.54. The lowest BCUT2D eigenvalue weighted by Crippen LogP contribution is -2.24. The van der Waals surface area contributed by atoms with Crippen LogP contribution in [0.1, 0.15) is 28.0 Å². The Bertz CT molecular complexity index is 955. The average Bonchev–Trinajstić information content (AvgIpc) is 2.98. The number of aromatic nitrogens is 1. The minimum absolute atomic E-state index is 0.0178. The Hall–Kier alpha value is -3.38. The third kappa shape index (κ3) is 5.56. The molecule has 1 aromatic carbocycles. The van der Waals surface area contributed by atoms with Crippen LogP contribution in [0.4, 0.5) is 13.2 Å². The van der Waals surface area contributed by atoms with Crippen molar-refractivity contribution in [2.24, 2.45) is 5.73 Å². The summed E-state index contributed by atoms with van der Waals surface area (Å²) in [6, 6.07) is 7.75. The van der Waals surface area contributed by atoms with Crippen molar-refractivity contribution in [1.82, 2.24) is 9.88 Å². The Balaban J connectivity index is 0.000000313. The number of nitrogens with zero attached hydrogens (tertiary/aromatic N) is 2. The highest BCUT2D eigenvalue weighted by atomic mass is 19.4. The average molecular weight is 405 g/mol. The minimum atomic E-state index is -4.61. The van der Waals surface area contributed by atoms with Gasteiger partial charge in [-0.1, -0.05) is 18.1 Å². The van der Waals surface area contributed by atoms with Crippen LogP contribution in [0.3, 0.4) is 0 Å². The van der Waals surface area contributed by atoms with Crippen LogP contribution in [0.25, 0.3) is 11.3 Å². The number of alkyl halides is 3. The number of hydrogen-bond acceptors (Lipinski definition) is 4. The van der Waals surface area contributed by atoms with Gasteiger partial charge >= 0.3 is 6.18 Å². The van der Waals surface area contributed by atoms with E-state index in [0.29, 0.717) is 30.2 Å². The number of aliphatic hydroxyl groups excluding tert-OH is 1. The van der Waals surface area contributed by atoms with Crippen molar-refractivity contribution in [3.63, 3.8) is 0 Å². The lowest BCUT2D eigenvalue weighted by molar-refractivity contribution is -0.137. The van der Waals surface area contributed by atoms with Gasteiger partial charge in [0.05, 0.1) is 11.3 Å². The molecule has 0 aliphatic carbocycles. The van der Waals surface area contributed by atoms with E-state index in [1.807, 2.05) is 0 Å². The first-order valence-corrected chi connectivity index (χ1v) is 8.42. The molecule has 3 rings (SSSR count). The summed E-state index contributed by atoms with van der Waals surface area (Å²) >= 11 is 0. The first kappa shape index (κ1) is 21.9. The molecule has 0 saturated carbocycles. The summed E-state index contributed by atoms with van der Waals surface area (Å²) < 4.78 is 38.6. The van der Waals surface area contributed by atoms with Gasteiger partial charge in [0.25, 0.3) is 11.8 Å². The number of terminal acetylenes is 1. The van der Waals surface area contributed by atoms with Gasteiger partial charge in [-0.3, -0.25) is 9.59 Å². The van der Waals surface area contributed by atoms with Crippen molar-refractivity contribution in [3.8, 4) is 23.6 Å². The summed E-state index contributed by atoms with van der Waals surface area (Å²) in [5.74, 6) is 1.20. The number of hydrogen-bond donors (Lipinski definition) is 2. The second-order valence-corrected chi connectivity index (χ2v) is 6.28. The zero-order valence-electron chi connectivity index (χ0n) is 15.4. The fourth-order valence-electron chi connectivity index (χ4n) is 2.54. The monoisotopic (exact) mass is 405 g/mol. The number of aliphatic hydroxyl groups is 1. The van der Waals surface area contributed by atoms with Crippen molar-refractivity contribution in [2.75, 3.05) is 13.6 Å². The maximum Gasteiger partial charge on any atom is 0.416 e. The van der Waals surface area contributed by atoms with E-state index in [-0.39, 0.29) is 11.6 Å². The number of carbonyl (C=O) groups is 2. The van der Waals surface area contributed by atoms with Crippen LogP contribution in [0, 0.1) is 12.3 Å². The molecule has 0 spiro atoms. The smallest absolute Gasteiger partial charge is 0.383 e. The Morgan fingerprint density at radius 2 is 2.03 bits per heavy atom. The molecular formula is C20H18F3N3O3. The van der Waals surface area contributed by atoms with Crippen molar-refractivity contribution < 1.29 is 27.9 Å². The Kier molecular flexibility index (Phi) is 6.61. The maximum absolute atomic E-state index is 12.9. The minimum Gasteiger partial charge on any atom is -0.383 e. The van der Waals surface area contributed by atoms with Crippen LogP contribution in [0.15, 0.2) is 36.4 Å². The normalized spacial score (nSPS) is 16.1. The highest BCUT2D eigenvalue weighted by Crippen LogP contribution is 2.32. The summed E-state index contributed by atoms with van der Waals surface area (Å²) in [6.45, 7) is 0.694. The molecule has 2 heterocycles. The molecule has 6 nitrogen and oxygen atoms in total. The maximum atomic E-state index is 12.9. The summed E-state index contributed by atoms with van der Waals surface area (Å²) in [6.07, 6.45) is 0.514.